The monoisotopic (exact) mass is 108 g/mol. The molecule has 40 valence electrons. The van der Waals surface area contributed by atoms with E-state index in [0.717, 1.165) is 0 Å². The van der Waals surface area contributed by atoms with Gasteiger partial charge in [-0.15, -0.1) is 0 Å². The zero-order chi connectivity index (χ0) is 6.57. The molecule has 0 aliphatic heterocycles. The van der Waals surface area contributed by atoms with Crippen LogP contribution in [0.15, 0.2) is 11.6 Å². The number of hydrogen-bond acceptors (Lipinski definition) is 1. The van der Waals surface area contributed by atoms with Gasteiger partial charge in [0.2, 0.25) is 0 Å². The molecule has 0 heterocycles. The molecule has 1 N–H and O–H groups in total. The third kappa shape index (κ3) is 1.32. The van der Waals surface area contributed by atoms with Crippen LogP contribution in [0.1, 0.15) is 6.92 Å². The van der Waals surface area contributed by atoms with Crippen molar-refractivity contribution < 1.29 is 5.11 Å². The highest BCUT2D eigenvalue weighted by atomic mass is 16.3. The van der Waals surface area contributed by atoms with Crippen molar-refractivity contribution in [1.82, 2.24) is 0 Å². The summed E-state index contributed by atoms with van der Waals surface area (Å²) in [6, 6.07) is 0. The third-order valence-corrected chi connectivity index (χ3v) is 0.535. The van der Waals surface area contributed by atoms with Crippen molar-refractivity contribution in [3.63, 3.8) is 0 Å². The lowest BCUT2D eigenvalue weighted by Gasteiger charge is -1.75. The lowest BCUT2D eigenvalue weighted by Crippen LogP contribution is -1.72. The molecule has 0 saturated carbocycles. The van der Waals surface area contributed by atoms with Crippen molar-refractivity contribution in [2.75, 3.05) is 0 Å². The minimum atomic E-state index is -0.259. The van der Waals surface area contributed by atoms with E-state index in [1.165, 1.54) is 6.92 Å². The number of rotatable bonds is 0. The second-order valence-corrected chi connectivity index (χ2v) is 1.13. The topological polar surface area (TPSA) is 29.0 Å². The van der Waals surface area contributed by atoms with Crippen LogP contribution in [0.25, 0.3) is 9.69 Å². The highest BCUT2D eigenvalue weighted by molar-refractivity contribution is 5.19. The second-order valence-electron chi connectivity index (χ2n) is 1.13. The van der Waals surface area contributed by atoms with Crippen LogP contribution in [0.2, 0.25) is 0 Å². The molecule has 8 heavy (non-hydrogen) atoms. The van der Waals surface area contributed by atoms with Crippen molar-refractivity contribution in [2.24, 2.45) is 0 Å². The van der Waals surface area contributed by atoms with Crippen molar-refractivity contribution in [3.8, 4) is 0 Å². The molecule has 0 amide bonds. The Kier molecular flexibility index (Phi) is 2.16. The molecule has 0 aliphatic rings. The van der Waals surface area contributed by atoms with Crippen LogP contribution in [0.5, 0.6) is 0 Å². The normalized spacial score (nSPS) is 6.38. The van der Waals surface area contributed by atoms with E-state index in [9.17, 15) is 0 Å². The molecule has 0 atom stereocenters. The molecule has 0 radical (unpaired) electrons. The van der Waals surface area contributed by atoms with Gasteiger partial charge in [0, 0.05) is 0 Å². The maximum Gasteiger partial charge on any atom is 0.556 e. The number of nitrogens with zero attached hydrogens (tertiary/aromatic N) is 2. The molecule has 0 aliphatic carbocycles. The van der Waals surface area contributed by atoms with Gasteiger partial charge in [0.1, 0.15) is 13.1 Å². The predicted octanol–water partition coefficient (Wildman–Crippen LogP) is 1.57. The summed E-state index contributed by atoms with van der Waals surface area (Å²) in [6.07, 6.45) is 0. The van der Waals surface area contributed by atoms with E-state index in [1.807, 2.05) is 0 Å². The minimum Gasteiger partial charge on any atom is -0.516 e. The first-order chi connectivity index (χ1) is 3.72. The Morgan fingerprint density at radius 2 is 1.75 bits per heavy atom. The lowest BCUT2D eigenvalue weighted by molar-refractivity contribution is 0.410. The third-order valence-electron chi connectivity index (χ3n) is 0.535. The molecule has 0 fully saturated rings. The van der Waals surface area contributed by atoms with Crippen LogP contribution in [-0.4, -0.2) is 5.11 Å². The zero-order valence-corrected chi connectivity index (χ0v) is 4.34. The highest BCUT2D eigenvalue weighted by Crippen LogP contribution is 2.01. The van der Waals surface area contributed by atoms with E-state index in [1.54, 1.807) is 0 Å². The van der Waals surface area contributed by atoms with Crippen LogP contribution in [0.3, 0.4) is 0 Å². The van der Waals surface area contributed by atoms with E-state index in [4.69, 9.17) is 18.3 Å². The van der Waals surface area contributed by atoms with Gasteiger partial charge in [-0.2, -0.15) is 9.69 Å². The van der Waals surface area contributed by atoms with E-state index >= 15 is 0 Å². The van der Waals surface area contributed by atoms with E-state index in [-0.39, 0.29) is 11.6 Å². The Balaban J connectivity index is 4.47. The average molecular weight is 108 g/mol. The summed E-state index contributed by atoms with van der Waals surface area (Å²) in [6.45, 7) is 13.9. The van der Waals surface area contributed by atoms with Crippen molar-refractivity contribution in [2.45, 2.75) is 6.92 Å². The molecule has 0 bridgehead atoms. The number of aliphatic hydroxyl groups is 1. The summed E-state index contributed by atoms with van der Waals surface area (Å²) < 4.78 is 0. The number of aliphatic hydroxyl groups excluding tert-OH is 1. The molecule has 0 saturated heterocycles. The SMILES string of the molecule is [C-]#[N+]C([N+]#[C-])=C(C)O. The molecule has 0 aromatic rings. The molecular formula is C5H4N2O. The van der Waals surface area contributed by atoms with Crippen LogP contribution >= 0.6 is 0 Å². The van der Waals surface area contributed by atoms with Crippen LogP contribution in [0.4, 0.5) is 0 Å². The van der Waals surface area contributed by atoms with Crippen LogP contribution in [0, 0.1) is 13.1 Å². The van der Waals surface area contributed by atoms with Gasteiger partial charge in [0.15, 0.2) is 5.76 Å². The average Bonchev–Trinajstić information content (AvgIpc) is 1.69. The fraction of sp³-hybridized carbons (Fsp3) is 0.200. The van der Waals surface area contributed by atoms with Crippen LogP contribution < -0.4 is 0 Å². The van der Waals surface area contributed by atoms with Gasteiger partial charge in [0.05, 0.1) is 0 Å². The van der Waals surface area contributed by atoms with Gasteiger partial charge in [-0.05, 0) is 6.92 Å². The number of allylic oxidation sites excluding steroid dienone is 1. The Morgan fingerprint density at radius 3 is 1.75 bits per heavy atom. The lowest BCUT2D eigenvalue weighted by atomic mass is 10.6. The fourth-order valence-electron chi connectivity index (χ4n) is 0.187. The summed E-state index contributed by atoms with van der Waals surface area (Å²) in [5, 5.41) is 8.46. The van der Waals surface area contributed by atoms with E-state index < -0.39 is 0 Å². The van der Waals surface area contributed by atoms with Crippen LogP contribution in [-0.2, 0) is 0 Å². The smallest absolute Gasteiger partial charge is 0.516 e. The van der Waals surface area contributed by atoms with Gasteiger partial charge in [-0.3, -0.25) is 0 Å². The first-order valence-electron chi connectivity index (χ1n) is 1.87. The Bertz CT molecular complexity index is 171. The first kappa shape index (κ1) is 6.52. The Morgan fingerprint density at radius 1 is 1.38 bits per heavy atom. The maximum absolute atomic E-state index is 8.46. The van der Waals surface area contributed by atoms with Gasteiger partial charge in [0.25, 0.3) is 0 Å². The number of hydrogen-bond donors (Lipinski definition) is 1. The summed E-state index contributed by atoms with van der Waals surface area (Å²) in [5.74, 6) is -0.472. The van der Waals surface area contributed by atoms with E-state index in [0.29, 0.717) is 0 Å². The van der Waals surface area contributed by atoms with Gasteiger partial charge in [-0.25, -0.2) is 0 Å². The molecule has 0 spiro atoms. The van der Waals surface area contributed by atoms with Crippen molar-refractivity contribution in [3.05, 3.63) is 34.4 Å². The molecule has 0 rings (SSSR count). The molecular weight excluding hydrogens is 104 g/mol. The summed E-state index contributed by atoms with van der Waals surface area (Å²) in [5.41, 5.74) is 0. The summed E-state index contributed by atoms with van der Waals surface area (Å²) in [7, 11) is 0. The Labute approximate surface area is 47.5 Å². The molecule has 3 nitrogen and oxygen atoms in total. The minimum absolute atomic E-state index is 0.213. The predicted molar refractivity (Wildman–Crippen MR) is 28.5 cm³/mol. The second kappa shape index (κ2) is 2.65. The quantitative estimate of drug-likeness (QED) is 0.370. The summed E-state index contributed by atoms with van der Waals surface area (Å²) >= 11 is 0. The Hall–Kier alpha value is -1.48. The van der Waals surface area contributed by atoms with Crippen molar-refractivity contribution in [1.29, 1.82) is 0 Å². The molecule has 0 aromatic carbocycles. The zero-order valence-electron chi connectivity index (χ0n) is 4.34. The largest absolute Gasteiger partial charge is 0.556 e. The first-order valence-corrected chi connectivity index (χ1v) is 1.87. The summed E-state index contributed by atoms with van der Waals surface area (Å²) in [4.78, 5) is 5.46. The van der Waals surface area contributed by atoms with Gasteiger partial charge >= 0.3 is 5.82 Å². The maximum atomic E-state index is 8.46. The highest BCUT2D eigenvalue weighted by Gasteiger charge is 2.05. The fourth-order valence-corrected chi connectivity index (χ4v) is 0.187. The standard InChI is InChI=1S/C5H4N2O/c1-4(8)5(6-2)7-3/h8H,1H3. The van der Waals surface area contributed by atoms with Crippen molar-refractivity contribution >= 4 is 0 Å². The van der Waals surface area contributed by atoms with E-state index in [2.05, 4.69) is 9.69 Å². The van der Waals surface area contributed by atoms with Gasteiger partial charge in [-0.1, -0.05) is 0 Å². The molecule has 3 heteroatoms. The van der Waals surface area contributed by atoms with Gasteiger partial charge < -0.3 is 5.11 Å². The molecule has 0 unspecified atom stereocenters. The molecule has 0 aromatic heterocycles.